The van der Waals surface area contributed by atoms with E-state index in [1.807, 2.05) is 6.07 Å². The van der Waals surface area contributed by atoms with Crippen molar-refractivity contribution in [2.75, 3.05) is 13.2 Å². The van der Waals surface area contributed by atoms with Crippen LogP contribution in [0.4, 0.5) is 0 Å². The molecule has 0 fully saturated rings. The van der Waals surface area contributed by atoms with Crippen molar-refractivity contribution in [1.29, 1.82) is 5.26 Å². The molecule has 0 bridgehead atoms. The topological polar surface area (TPSA) is 101 Å². The molecule has 0 spiro atoms. The molecule has 1 aromatic heterocycles. The summed E-state index contributed by atoms with van der Waals surface area (Å²) in [5.41, 5.74) is 1.76. The fourth-order valence-corrected chi connectivity index (χ4v) is 2.27. The van der Waals surface area contributed by atoms with Gasteiger partial charge in [0.2, 0.25) is 11.8 Å². The third-order valence-corrected chi connectivity index (χ3v) is 3.54. The van der Waals surface area contributed by atoms with Crippen LogP contribution in [0.15, 0.2) is 52.9 Å². The molecular formula is C19H16N4O3. The van der Waals surface area contributed by atoms with Gasteiger partial charge in [0.1, 0.15) is 12.4 Å². The number of rotatable bonds is 6. The summed E-state index contributed by atoms with van der Waals surface area (Å²) in [7, 11) is 0. The fraction of sp³-hybridized carbons (Fsp3) is 0.158. The van der Waals surface area contributed by atoms with E-state index in [1.165, 1.54) is 0 Å². The molecule has 1 heterocycles. The second-order valence-corrected chi connectivity index (χ2v) is 5.45. The SMILES string of the molecule is Cc1nnc(-c2cccc(C(=O)NCCOc3ccc(C#N)cc3)c2)o1. The molecule has 0 atom stereocenters. The maximum Gasteiger partial charge on any atom is 0.251 e. The highest BCUT2D eigenvalue weighted by atomic mass is 16.5. The zero-order chi connectivity index (χ0) is 18.4. The summed E-state index contributed by atoms with van der Waals surface area (Å²) < 4.78 is 10.9. The molecular weight excluding hydrogens is 332 g/mol. The Kier molecular flexibility index (Phi) is 5.25. The Labute approximate surface area is 150 Å². The van der Waals surface area contributed by atoms with Gasteiger partial charge in [0, 0.05) is 18.1 Å². The number of nitrogens with zero attached hydrogens (tertiary/aromatic N) is 3. The number of nitriles is 1. The zero-order valence-electron chi connectivity index (χ0n) is 14.1. The fourth-order valence-electron chi connectivity index (χ4n) is 2.27. The Hall–Kier alpha value is -3.66. The highest BCUT2D eigenvalue weighted by Gasteiger charge is 2.10. The first-order valence-corrected chi connectivity index (χ1v) is 7.97. The molecule has 7 heteroatoms. The Morgan fingerprint density at radius 2 is 2.04 bits per heavy atom. The minimum absolute atomic E-state index is 0.216. The van der Waals surface area contributed by atoms with E-state index < -0.39 is 0 Å². The van der Waals surface area contributed by atoms with E-state index in [0.29, 0.717) is 47.4 Å². The quantitative estimate of drug-likeness (QED) is 0.687. The van der Waals surface area contributed by atoms with Gasteiger partial charge in [0.15, 0.2) is 0 Å². The third kappa shape index (κ3) is 4.24. The average Bonchev–Trinajstić information content (AvgIpc) is 3.12. The van der Waals surface area contributed by atoms with Crippen LogP contribution in [0.2, 0.25) is 0 Å². The number of aryl methyl sites for hydroxylation is 1. The molecule has 0 saturated carbocycles. The zero-order valence-corrected chi connectivity index (χ0v) is 14.1. The van der Waals surface area contributed by atoms with Gasteiger partial charge in [-0.3, -0.25) is 4.79 Å². The van der Waals surface area contributed by atoms with Crippen molar-refractivity contribution in [3.05, 3.63) is 65.5 Å². The van der Waals surface area contributed by atoms with E-state index >= 15 is 0 Å². The van der Waals surface area contributed by atoms with Crippen LogP contribution in [-0.4, -0.2) is 29.3 Å². The minimum Gasteiger partial charge on any atom is -0.492 e. The van der Waals surface area contributed by atoms with Gasteiger partial charge in [-0.25, -0.2) is 0 Å². The summed E-state index contributed by atoms with van der Waals surface area (Å²) in [5.74, 6) is 1.27. The summed E-state index contributed by atoms with van der Waals surface area (Å²) in [6, 6.07) is 15.8. The van der Waals surface area contributed by atoms with Crippen LogP contribution in [0.5, 0.6) is 5.75 Å². The van der Waals surface area contributed by atoms with E-state index in [9.17, 15) is 4.79 Å². The number of hydrogen-bond donors (Lipinski definition) is 1. The smallest absolute Gasteiger partial charge is 0.251 e. The van der Waals surface area contributed by atoms with E-state index in [-0.39, 0.29) is 5.91 Å². The Balaban J connectivity index is 1.52. The second kappa shape index (κ2) is 7.94. The molecule has 0 saturated heterocycles. The molecule has 3 aromatic rings. The monoisotopic (exact) mass is 348 g/mol. The molecule has 1 amide bonds. The van der Waals surface area contributed by atoms with Gasteiger partial charge < -0.3 is 14.5 Å². The summed E-state index contributed by atoms with van der Waals surface area (Å²) in [5, 5.41) is 19.3. The molecule has 0 aliphatic rings. The molecule has 1 N–H and O–H groups in total. The van der Waals surface area contributed by atoms with Gasteiger partial charge in [-0.1, -0.05) is 6.07 Å². The van der Waals surface area contributed by atoms with Crippen molar-refractivity contribution in [1.82, 2.24) is 15.5 Å². The number of amides is 1. The van der Waals surface area contributed by atoms with E-state index in [2.05, 4.69) is 15.5 Å². The van der Waals surface area contributed by atoms with Gasteiger partial charge in [-0.15, -0.1) is 10.2 Å². The molecule has 7 nitrogen and oxygen atoms in total. The van der Waals surface area contributed by atoms with Crippen molar-refractivity contribution in [2.24, 2.45) is 0 Å². The second-order valence-electron chi connectivity index (χ2n) is 5.45. The number of hydrogen-bond acceptors (Lipinski definition) is 6. The third-order valence-electron chi connectivity index (χ3n) is 3.54. The van der Waals surface area contributed by atoms with Gasteiger partial charge >= 0.3 is 0 Å². The Morgan fingerprint density at radius 1 is 1.23 bits per heavy atom. The first-order valence-electron chi connectivity index (χ1n) is 7.97. The number of carbonyl (C=O) groups is 1. The largest absolute Gasteiger partial charge is 0.492 e. The summed E-state index contributed by atoms with van der Waals surface area (Å²) in [4.78, 5) is 12.3. The van der Waals surface area contributed by atoms with Crippen molar-refractivity contribution in [3.8, 4) is 23.3 Å². The van der Waals surface area contributed by atoms with Crippen LogP contribution in [0.25, 0.3) is 11.5 Å². The standard InChI is InChI=1S/C19H16N4O3/c1-13-22-23-19(26-13)16-4-2-3-15(11-16)18(24)21-9-10-25-17-7-5-14(12-20)6-8-17/h2-8,11H,9-10H2,1H3,(H,21,24). The summed E-state index contributed by atoms with van der Waals surface area (Å²) >= 11 is 0. The number of aromatic nitrogens is 2. The van der Waals surface area contributed by atoms with Crippen LogP contribution in [0.3, 0.4) is 0 Å². The number of carbonyl (C=O) groups excluding carboxylic acids is 1. The molecule has 0 unspecified atom stereocenters. The number of ether oxygens (including phenoxy) is 1. The first-order chi connectivity index (χ1) is 12.7. The molecule has 0 radical (unpaired) electrons. The van der Waals surface area contributed by atoms with Crippen molar-refractivity contribution >= 4 is 5.91 Å². The maximum atomic E-state index is 12.3. The lowest BCUT2D eigenvalue weighted by atomic mass is 10.1. The lowest BCUT2D eigenvalue weighted by Crippen LogP contribution is -2.28. The van der Waals surface area contributed by atoms with Crippen LogP contribution in [-0.2, 0) is 0 Å². The predicted molar refractivity (Wildman–Crippen MR) is 93.5 cm³/mol. The molecule has 26 heavy (non-hydrogen) atoms. The van der Waals surface area contributed by atoms with Gasteiger partial charge in [-0.2, -0.15) is 5.26 Å². The maximum absolute atomic E-state index is 12.3. The van der Waals surface area contributed by atoms with Crippen LogP contribution < -0.4 is 10.1 Å². The van der Waals surface area contributed by atoms with Gasteiger partial charge in [0.05, 0.1) is 18.2 Å². The molecule has 0 aliphatic heterocycles. The van der Waals surface area contributed by atoms with Crippen LogP contribution in [0.1, 0.15) is 21.8 Å². The minimum atomic E-state index is -0.216. The number of nitrogens with one attached hydrogen (secondary N) is 1. The van der Waals surface area contributed by atoms with Crippen molar-refractivity contribution in [3.63, 3.8) is 0 Å². The van der Waals surface area contributed by atoms with Gasteiger partial charge in [0.25, 0.3) is 5.91 Å². The van der Waals surface area contributed by atoms with E-state index in [1.54, 1.807) is 55.5 Å². The Bertz CT molecular complexity index is 942. The summed E-state index contributed by atoms with van der Waals surface area (Å²) in [6.45, 7) is 2.38. The lowest BCUT2D eigenvalue weighted by Gasteiger charge is -2.08. The average molecular weight is 348 g/mol. The highest BCUT2D eigenvalue weighted by molar-refractivity contribution is 5.95. The van der Waals surface area contributed by atoms with Gasteiger partial charge in [-0.05, 0) is 42.5 Å². The van der Waals surface area contributed by atoms with E-state index in [4.69, 9.17) is 14.4 Å². The van der Waals surface area contributed by atoms with Crippen molar-refractivity contribution < 1.29 is 13.9 Å². The van der Waals surface area contributed by atoms with Crippen LogP contribution >= 0.6 is 0 Å². The van der Waals surface area contributed by atoms with Crippen LogP contribution in [0, 0.1) is 18.3 Å². The van der Waals surface area contributed by atoms with Crippen molar-refractivity contribution in [2.45, 2.75) is 6.92 Å². The molecule has 130 valence electrons. The Morgan fingerprint density at radius 3 is 2.73 bits per heavy atom. The lowest BCUT2D eigenvalue weighted by molar-refractivity contribution is 0.0947. The normalized spacial score (nSPS) is 10.2. The first kappa shape index (κ1) is 17.2. The number of benzene rings is 2. The molecule has 0 aliphatic carbocycles. The molecule has 2 aromatic carbocycles. The van der Waals surface area contributed by atoms with E-state index in [0.717, 1.165) is 0 Å². The molecule has 3 rings (SSSR count). The summed E-state index contributed by atoms with van der Waals surface area (Å²) in [6.07, 6.45) is 0. The highest BCUT2D eigenvalue weighted by Crippen LogP contribution is 2.18. The predicted octanol–water partition coefficient (Wildman–Crippen LogP) is 2.73.